The van der Waals surface area contributed by atoms with Gasteiger partial charge in [0, 0.05) is 13.1 Å². The van der Waals surface area contributed by atoms with Crippen molar-refractivity contribution in [1.29, 1.82) is 0 Å². The minimum Gasteiger partial charge on any atom is -0.479 e. The van der Waals surface area contributed by atoms with E-state index in [4.69, 9.17) is 10.2 Å². The Morgan fingerprint density at radius 3 is 2.35 bits per heavy atom. The van der Waals surface area contributed by atoms with Gasteiger partial charge in [-0.15, -0.1) is 0 Å². The molecule has 3 amide bonds. The monoisotopic (exact) mass is 287 g/mol. The van der Waals surface area contributed by atoms with Gasteiger partial charge in [0.1, 0.15) is 6.04 Å². The molecule has 0 aromatic rings. The van der Waals surface area contributed by atoms with Crippen molar-refractivity contribution in [2.75, 3.05) is 19.6 Å². The Hall–Kier alpha value is -1.83. The highest BCUT2D eigenvalue weighted by atomic mass is 16.4. The molecule has 0 saturated carbocycles. The maximum Gasteiger partial charge on any atom is 0.334 e. The van der Waals surface area contributed by atoms with E-state index in [0.717, 1.165) is 19.3 Å². The average molecular weight is 287 g/mol. The van der Waals surface area contributed by atoms with Crippen LogP contribution in [0.3, 0.4) is 0 Å². The maximum atomic E-state index is 12.0. The summed E-state index contributed by atoms with van der Waals surface area (Å²) in [5, 5.41) is 22.1. The number of aliphatic hydroxyl groups excluding tert-OH is 1. The zero-order chi connectivity index (χ0) is 15.1. The lowest BCUT2D eigenvalue weighted by molar-refractivity contribution is -0.146. The summed E-state index contributed by atoms with van der Waals surface area (Å²) < 4.78 is 0. The molecule has 0 aliphatic carbocycles. The van der Waals surface area contributed by atoms with Crippen LogP contribution in [-0.4, -0.2) is 64.8 Å². The molecule has 1 aliphatic heterocycles. The first-order valence-electron chi connectivity index (χ1n) is 6.66. The van der Waals surface area contributed by atoms with Crippen molar-refractivity contribution in [1.82, 2.24) is 15.5 Å². The van der Waals surface area contributed by atoms with Crippen LogP contribution in [0, 0.1) is 0 Å². The summed E-state index contributed by atoms with van der Waals surface area (Å²) in [6, 6.07) is -1.36. The molecule has 4 N–H and O–H groups in total. The third-order valence-corrected chi connectivity index (χ3v) is 3.13. The van der Waals surface area contributed by atoms with Crippen LogP contribution in [0.15, 0.2) is 0 Å². The van der Waals surface area contributed by atoms with Crippen LogP contribution in [0.2, 0.25) is 0 Å². The highest BCUT2D eigenvalue weighted by Gasteiger charge is 2.23. The number of nitrogens with one attached hydrogen (secondary N) is 2. The zero-order valence-electron chi connectivity index (χ0n) is 11.5. The van der Waals surface area contributed by atoms with Crippen LogP contribution in [0.5, 0.6) is 0 Å². The number of carboxylic acids is 1. The first kappa shape index (κ1) is 16.2. The molecular formula is C12H21N3O5. The lowest BCUT2D eigenvalue weighted by Crippen LogP contribution is -2.52. The lowest BCUT2D eigenvalue weighted by atomic mass is 10.1. The molecule has 1 fully saturated rings. The predicted molar refractivity (Wildman–Crippen MR) is 70.1 cm³/mol. The topological polar surface area (TPSA) is 119 Å². The van der Waals surface area contributed by atoms with Gasteiger partial charge >= 0.3 is 12.0 Å². The molecule has 8 heteroatoms. The number of urea groups is 1. The zero-order valence-corrected chi connectivity index (χ0v) is 11.5. The Morgan fingerprint density at radius 2 is 1.80 bits per heavy atom. The van der Waals surface area contributed by atoms with Crippen LogP contribution < -0.4 is 10.6 Å². The van der Waals surface area contributed by atoms with Gasteiger partial charge in [-0.25, -0.2) is 9.59 Å². The molecule has 0 radical (unpaired) electrons. The van der Waals surface area contributed by atoms with Gasteiger partial charge in [0.2, 0.25) is 5.91 Å². The van der Waals surface area contributed by atoms with Crippen LogP contribution >= 0.6 is 0 Å². The number of piperidine rings is 1. The highest BCUT2D eigenvalue weighted by Crippen LogP contribution is 2.09. The SMILES string of the molecule is CC(NC(=O)NCC(O)C(=O)O)C(=O)N1CCCCC1. The molecule has 1 heterocycles. The molecule has 1 saturated heterocycles. The van der Waals surface area contributed by atoms with E-state index < -0.39 is 30.7 Å². The van der Waals surface area contributed by atoms with E-state index in [1.165, 1.54) is 0 Å². The second-order valence-electron chi connectivity index (χ2n) is 4.82. The van der Waals surface area contributed by atoms with E-state index in [9.17, 15) is 14.4 Å². The summed E-state index contributed by atoms with van der Waals surface area (Å²) in [5.41, 5.74) is 0. The van der Waals surface area contributed by atoms with Gasteiger partial charge in [-0.05, 0) is 26.2 Å². The van der Waals surface area contributed by atoms with Crippen molar-refractivity contribution in [3.63, 3.8) is 0 Å². The Morgan fingerprint density at radius 1 is 1.20 bits per heavy atom. The van der Waals surface area contributed by atoms with Crippen molar-refractivity contribution in [2.24, 2.45) is 0 Å². The van der Waals surface area contributed by atoms with E-state index in [2.05, 4.69) is 10.6 Å². The minimum absolute atomic E-state index is 0.154. The van der Waals surface area contributed by atoms with Crippen molar-refractivity contribution in [3.05, 3.63) is 0 Å². The second kappa shape index (κ2) is 7.68. The number of likely N-dealkylation sites (tertiary alicyclic amines) is 1. The number of hydrogen-bond acceptors (Lipinski definition) is 4. The summed E-state index contributed by atoms with van der Waals surface area (Å²) in [4.78, 5) is 35.6. The maximum absolute atomic E-state index is 12.0. The Kier molecular flexibility index (Phi) is 6.23. The third-order valence-electron chi connectivity index (χ3n) is 3.13. The fourth-order valence-corrected chi connectivity index (χ4v) is 1.97. The van der Waals surface area contributed by atoms with Gasteiger partial charge in [0.15, 0.2) is 6.10 Å². The van der Waals surface area contributed by atoms with Crippen LogP contribution in [0.25, 0.3) is 0 Å². The van der Waals surface area contributed by atoms with E-state index in [0.29, 0.717) is 13.1 Å². The number of carbonyl (C=O) groups excluding carboxylic acids is 2. The molecule has 0 spiro atoms. The molecule has 1 rings (SSSR count). The quantitative estimate of drug-likeness (QED) is 0.524. The van der Waals surface area contributed by atoms with E-state index >= 15 is 0 Å². The number of carboxylic acid groups (broad SMARTS) is 1. The number of aliphatic carboxylic acids is 1. The molecule has 114 valence electrons. The third kappa shape index (κ3) is 5.04. The van der Waals surface area contributed by atoms with Crippen molar-refractivity contribution < 1.29 is 24.6 Å². The largest absolute Gasteiger partial charge is 0.479 e. The normalized spacial score (nSPS) is 18.0. The van der Waals surface area contributed by atoms with E-state index in [1.54, 1.807) is 11.8 Å². The van der Waals surface area contributed by atoms with Crippen molar-refractivity contribution in [3.8, 4) is 0 Å². The smallest absolute Gasteiger partial charge is 0.334 e. The highest BCUT2D eigenvalue weighted by molar-refractivity contribution is 5.87. The average Bonchev–Trinajstić information content (AvgIpc) is 2.44. The van der Waals surface area contributed by atoms with Crippen molar-refractivity contribution >= 4 is 17.9 Å². The van der Waals surface area contributed by atoms with E-state index in [-0.39, 0.29) is 5.91 Å². The summed E-state index contributed by atoms with van der Waals surface area (Å²) in [6.45, 7) is 2.56. The Bertz CT molecular complexity index is 368. The predicted octanol–water partition coefficient (Wildman–Crippen LogP) is -0.868. The summed E-state index contributed by atoms with van der Waals surface area (Å²) >= 11 is 0. The first-order chi connectivity index (χ1) is 9.41. The van der Waals surface area contributed by atoms with Crippen LogP contribution in [0.1, 0.15) is 26.2 Å². The Labute approximate surface area is 117 Å². The number of amides is 3. The number of aliphatic hydroxyl groups is 1. The first-order valence-corrected chi connectivity index (χ1v) is 6.66. The lowest BCUT2D eigenvalue weighted by Gasteiger charge is -2.29. The summed E-state index contributed by atoms with van der Waals surface area (Å²) in [5.74, 6) is -1.57. The van der Waals surface area contributed by atoms with Crippen LogP contribution in [-0.2, 0) is 9.59 Å². The van der Waals surface area contributed by atoms with Gasteiger partial charge in [0.05, 0.1) is 6.54 Å². The second-order valence-corrected chi connectivity index (χ2v) is 4.82. The standard InChI is InChI=1S/C12H21N3O5/c1-8(10(17)15-5-3-2-4-6-15)14-12(20)13-7-9(16)11(18)19/h8-9,16H,2-7H2,1H3,(H,18,19)(H2,13,14,20). The fourth-order valence-electron chi connectivity index (χ4n) is 1.97. The molecule has 0 aromatic carbocycles. The molecule has 20 heavy (non-hydrogen) atoms. The van der Waals surface area contributed by atoms with Gasteiger partial charge in [-0.3, -0.25) is 4.79 Å². The van der Waals surface area contributed by atoms with Gasteiger partial charge in [-0.2, -0.15) is 0 Å². The number of rotatable bonds is 5. The molecule has 2 atom stereocenters. The molecular weight excluding hydrogens is 266 g/mol. The molecule has 0 bridgehead atoms. The van der Waals surface area contributed by atoms with Crippen LogP contribution in [0.4, 0.5) is 4.79 Å². The Balaban J connectivity index is 2.33. The molecule has 8 nitrogen and oxygen atoms in total. The van der Waals surface area contributed by atoms with Gasteiger partial charge in [0.25, 0.3) is 0 Å². The molecule has 0 aromatic heterocycles. The van der Waals surface area contributed by atoms with Gasteiger partial charge in [-0.1, -0.05) is 0 Å². The number of carbonyl (C=O) groups is 3. The van der Waals surface area contributed by atoms with E-state index in [1.807, 2.05) is 0 Å². The van der Waals surface area contributed by atoms with Gasteiger partial charge < -0.3 is 25.7 Å². The molecule has 2 unspecified atom stereocenters. The molecule has 1 aliphatic rings. The minimum atomic E-state index is -1.66. The summed E-state index contributed by atoms with van der Waals surface area (Å²) in [6.07, 6.45) is 1.39. The summed E-state index contributed by atoms with van der Waals surface area (Å²) in [7, 11) is 0. The number of hydrogen-bond donors (Lipinski definition) is 4. The fraction of sp³-hybridized carbons (Fsp3) is 0.750. The van der Waals surface area contributed by atoms with Crippen molar-refractivity contribution in [2.45, 2.75) is 38.3 Å². The number of nitrogens with zero attached hydrogens (tertiary/aromatic N) is 1.